The quantitative estimate of drug-likeness (QED) is 0.518. The van der Waals surface area contributed by atoms with Gasteiger partial charge < -0.3 is 16.1 Å². The van der Waals surface area contributed by atoms with E-state index in [1.165, 1.54) is 30.3 Å². The van der Waals surface area contributed by atoms with E-state index >= 15 is 0 Å². The van der Waals surface area contributed by atoms with Crippen LogP contribution in [0.3, 0.4) is 0 Å². The van der Waals surface area contributed by atoms with Gasteiger partial charge in [0.25, 0.3) is 11.3 Å². The number of ketones is 1. The number of aromatic nitrogens is 1. The number of rotatable bonds is 2. The Hall–Kier alpha value is -1.59. The topological polar surface area (TPSA) is 122 Å². The Balaban J connectivity index is 0.00000225. The average molecular weight is 521 g/mol. The summed E-state index contributed by atoms with van der Waals surface area (Å²) in [5, 5.41) is 10.1. The van der Waals surface area contributed by atoms with Crippen LogP contribution in [0.15, 0.2) is 59.4 Å². The number of Topliss-reactive ketones (excluding diaryl/α,β-unsaturated/α-hetero) is 1. The summed E-state index contributed by atoms with van der Waals surface area (Å²) in [6, 6.07) is 13.8. The van der Waals surface area contributed by atoms with Gasteiger partial charge in [0, 0.05) is 60.5 Å². The van der Waals surface area contributed by atoms with E-state index in [9.17, 15) is 27.9 Å². The molecule has 1 aromatic heterocycles. The third kappa shape index (κ3) is 4.64. The van der Waals surface area contributed by atoms with Crippen LogP contribution in [-0.2, 0) is 0 Å². The molecule has 0 bridgehead atoms. The molecular weight excluding hydrogens is 507 g/mol. The third-order valence-corrected chi connectivity index (χ3v) is 3.55. The first kappa shape index (κ1) is 25.4. The Kier molecular flexibility index (Phi) is 9.00. The molecule has 0 aliphatic rings. The zero-order chi connectivity index (χ0) is 17.5. The second-order valence-corrected chi connectivity index (χ2v) is 5.04. The summed E-state index contributed by atoms with van der Waals surface area (Å²) in [5.41, 5.74) is -2.02. The smallest absolute Gasteiger partial charge is 0.455 e. The maximum atomic E-state index is 12.8. The van der Waals surface area contributed by atoms with E-state index in [4.69, 9.17) is 0 Å². The van der Waals surface area contributed by atoms with Crippen LogP contribution < -0.4 is 5.56 Å². The van der Waals surface area contributed by atoms with Crippen molar-refractivity contribution >= 4 is 16.7 Å². The van der Waals surface area contributed by atoms with Gasteiger partial charge in [0.05, 0.1) is 5.52 Å². The molecule has 5 N–H and O–H groups in total. The molecule has 1 heterocycles. The van der Waals surface area contributed by atoms with E-state index in [0.29, 0.717) is 0 Å². The molecule has 0 unspecified atom stereocenters. The Morgan fingerprint density at radius 3 is 2.00 bits per heavy atom. The molecule has 145 valence electrons. The molecule has 3 rings (SSSR count). The number of nitrogens with zero attached hydrogens (tertiary/aromatic N) is 1. The summed E-state index contributed by atoms with van der Waals surface area (Å²) in [6.07, 6.45) is -5.27. The number of aromatic hydroxyl groups is 1. The zero-order valence-corrected chi connectivity index (χ0v) is 15.8. The number of fused-ring (bicyclic) bond motifs is 1. The van der Waals surface area contributed by atoms with Gasteiger partial charge in [0.2, 0.25) is 0 Å². The molecule has 6 nitrogen and oxygen atoms in total. The fourth-order valence-electron chi connectivity index (χ4n) is 2.51. The maximum absolute atomic E-state index is 12.8. The molecule has 0 aliphatic heterocycles. The summed E-state index contributed by atoms with van der Waals surface area (Å²) in [4.78, 5) is 24.2. The molecule has 3 aromatic rings. The van der Waals surface area contributed by atoms with Gasteiger partial charge in [0.15, 0.2) is 0 Å². The molecule has 0 saturated heterocycles. The van der Waals surface area contributed by atoms with Crippen molar-refractivity contribution in [2.45, 2.75) is 6.18 Å². The molecule has 10 heteroatoms. The van der Waals surface area contributed by atoms with Crippen molar-refractivity contribution in [1.82, 2.24) is 4.57 Å². The van der Waals surface area contributed by atoms with Crippen LogP contribution in [0.25, 0.3) is 16.6 Å². The van der Waals surface area contributed by atoms with Crippen LogP contribution in [0.4, 0.5) is 13.2 Å². The van der Waals surface area contributed by atoms with Crippen LogP contribution in [0.1, 0.15) is 10.4 Å². The minimum absolute atomic E-state index is 0. The normalized spacial score (nSPS) is 10.3. The molecule has 0 atom stereocenters. The van der Waals surface area contributed by atoms with E-state index in [0.717, 1.165) is 4.57 Å². The molecule has 0 fully saturated rings. The number of hydrogen-bond acceptors (Lipinski definition) is 3. The SMILES string of the molecule is O.O.O=C(c1c(O)c2ccccc2n(-c2ccccc2)c1=O)C(F)(F)F.[Eu]. The van der Waals surface area contributed by atoms with E-state index in [2.05, 4.69) is 0 Å². The molecule has 0 saturated carbocycles. The Morgan fingerprint density at radius 1 is 0.926 bits per heavy atom. The van der Waals surface area contributed by atoms with Crippen LogP contribution >= 0.6 is 0 Å². The van der Waals surface area contributed by atoms with E-state index in [-0.39, 0.29) is 76.9 Å². The van der Waals surface area contributed by atoms with Crippen molar-refractivity contribution in [3.8, 4) is 11.4 Å². The van der Waals surface area contributed by atoms with Gasteiger partial charge in [-0.1, -0.05) is 30.3 Å². The molecule has 1 radical (unpaired) electrons. The molecular formula is C17H14EuF3NO5. The minimum Gasteiger partial charge on any atom is -0.506 e. The standard InChI is InChI=1S/C17H10F3NO3.Eu.2H2O/c18-17(19,20)15(23)13-14(22)11-8-4-5-9-12(11)21(16(13)24)10-6-2-1-3-7-10;;;/h1-9,22H;;2*1H2. The number of para-hydroxylation sites is 2. The van der Waals surface area contributed by atoms with Gasteiger partial charge in [0.1, 0.15) is 11.3 Å². The minimum atomic E-state index is -5.27. The molecule has 2 aromatic carbocycles. The van der Waals surface area contributed by atoms with Crippen molar-refractivity contribution in [3.05, 3.63) is 70.5 Å². The van der Waals surface area contributed by atoms with Crippen molar-refractivity contribution in [1.29, 1.82) is 0 Å². The number of carbonyl (C=O) groups is 1. The van der Waals surface area contributed by atoms with Crippen molar-refractivity contribution in [2.75, 3.05) is 0 Å². The van der Waals surface area contributed by atoms with Crippen molar-refractivity contribution in [3.63, 3.8) is 0 Å². The van der Waals surface area contributed by atoms with Crippen molar-refractivity contribution in [2.24, 2.45) is 0 Å². The third-order valence-electron chi connectivity index (χ3n) is 3.55. The van der Waals surface area contributed by atoms with Crippen LogP contribution in [0.2, 0.25) is 0 Å². The summed E-state index contributed by atoms with van der Waals surface area (Å²) >= 11 is 0. The predicted molar refractivity (Wildman–Crippen MR) is 88.8 cm³/mol. The summed E-state index contributed by atoms with van der Waals surface area (Å²) in [5.74, 6) is -3.34. The second kappa shape index (κ2) is 9.56. The molecule has 0 aliphatic carbocycles. The maximum Gasteiger partial charge on any atom is 0.455 e. The summed E-state index contributed by atoms with van der Waals surface area (Å²) in [6.45, 7) is 0. The van der Waals surface area contributed by atoms with Crippen LogP contribution in [0.5, 0.6) is 5.75 Å². The number of pyridine rings is 1. The molecule has 27 heavy (non-hydrogen) atoms. The fourth-order valence-corrected chi connectivity index (χ4v) is 2.51. The first-order valence-corrected chi connectivity index (χ1v) is 6.86. The van der Waals surface area contributed by atoms with Gasteiger partial charge in [-0.15, -0.1) is 0 Å². The van der Waals surface area contributed by atoms with Gasteiger partial charge in [-0.2, -0.15) is 13.2 Å². The van der Waals surface area contributed by atoms with Crippen molar-refractivity contribution < 1.29 is 83.4 Å². The number of carbonyl (C=O) groups excluding carboxylic acids is 1. The molecule has 0 spiro atoms. The van der Waals surface area contributed by atoms with Crippen LogP contribution in [0, 0.1) is 49.4 Å². The Bertz CT molecular complexity index is 1000. The zero-order valence-electron chi connectivity index (χ0n) is 13.4. The number of alkyl halides is 3. The number of hydrogen-bond donors (Lipinski definition) is 1. The number of benzene rings is 2. The molecule has 0 amide bonds. The van der Waals surface area contributed by atoms with Gasteiger partial charge in [-0.05, 0) is 24.3 Å². The van der Waals surface area contributed by atoms with Gasteiger partial charge >= 0.3 is 6.18 Å². The number of halogens is 3. The van der Waals surface area contributed by atoms with E-state index < -0.39 is 28.8 Å². The van der Waals surface area contributed by atoms with Crippen LogP contribution in [-0.4, -0.2) is 32.6 Å². The van der Waals surface area contributed by atoms with E-state index in [1.807, 2.05) is 0 Å². The monoisotopic (exact) mass is 522 g/mol. The first-order chi connectivity index (χ1) is 11.3. The average Bonchev–Trinajstić information content (AvgIpc) is 2.55. The Labute approximate surface area is 191 Å². The van der Waals surface area contributed by atoms with Gasteiger partial charge in [-0.25, -0.2) is 0 Å². The second-order valence-electron chi connectivity index (χ2n) is 5.04. The predicted octanol–water partition coefficient (Wildman–Crippen LogP) is 1.79. The van der Waals surface area contributed by atoms with E-state index in [1.54, 1.807) is 24.3 Å². The summed E-state index contributed by atoms with van der Waals surface area (Å²) < 4.78 is 39.4. The largest absolute Gasteiger partial charge is 0.506 e. The summed E-state index contributed by atoms with van der Waals surface area (Å²) in [7, 11) is 0. The fraction of sp³-hybridized carbons (Fsp3) is 0.0588. The van der Waals surface area contributed by atoms with Gasteiger partial charge in [-0.3, -0.25) is 14.2 Å². The first-order valence-electron chi connectivity index (χ1n) is 6.86. The Morgan fingerprint density at radius 2 is 1.44 bits per heavy atom.